The average Bonchev–Trinajstić information content (AvgIpc) is 2.98. The minimum absolute atomic E-state index is 0. The van der Waals surface area contributed by atoms with E-state index in [1.165, 1.54) is 4.88 Å². The Labute approximate surface area is 156 Å². The predicted octanol–water partition coefficient (Wildman–Crippen LogP) is 3.20. The molecule has 120 valence electrons. The Kier molecular flexibility index (Phi) is 8.77. The first-order valence-electron chi connectivity index (χ1n) is 6.65. The number of hydrogen-bond acceptors (Lipinski definition) is 3. The molecule has 0 fully saturated rings. The molecule has 1 unspecified atom stereocenters. The van der Waals surface area contributed by atoms with Crippen molar-refractivity contribution in [1.29, 1.82) is 0 Å². The molecule has 0 spiro atoms. The van der Waals surface area contributed by atoms with Crippen LogP contribution in [0.2, 0.25) is 5.02 Å². The summed E-state index contributed by atoms with van der Waals surface area (Å²) in [4.78, 5) is 5.44. The van der Waals surface area contributed by atoms with Crippen molar-refractivity contribution in [2.45, 2.75) is 12.5 Å². The van der Waals surface area contributed by atoms with Crippen LogP contribution in [0.4, 0.5) is 0 Å². The Morgan fingerprint density at radius 2 is 2.09 bits per heavy atom. The fraction of sp³-hybridized carbons (Fsp3) is 0.267. The third kappa shape index (κ3) is 6.12. The van der Waals surface area contributed by atoms with Gasteiger partial charge in [-0.25, -0.2) is 0 Å². The van der Waals surface area contributed by atoms with Gasteiger partial charge in [0.05, 0.1) is 6.54 Å². The Balaban J connectivity index is 0.00000242. The number of aliphatic imine (C=N–C) groups is 1. The second-order valence-electron chi connectivity index (χ2n) is 4.52. The van der Waals surface area contributed by atoms with E-state index in [1.807, 2.05) is 23.6 Å². The highest BCUT2D eigenvalue weighted by molar-refractivity contribution is 14.0. The Bertz CT molecular complexity index is 592. The number of thiophene rings is 1. The van der Waals surface area contributed by atoms with Gasteiger partial charge in [-0.15, -0.1) is 35.3 Å². The van der Waals surface area contributed by atoms with E-state index >= 15 is 0 Å². The lowest BCUT2D eigenvalue weighted by Crippen LogP contribution is -2.33. The molecule has 0 saturated heterocycles. The second-order valence-corrected chi connectivity index (χ2v) is 5.96. The number of rotatable bonds is 6. The summed E-state index contributed by atoms with van der Waals surface area (Å²) < 4.78 is 0. The predicted molar refractivity (Wildman–Crippen MR) is 104 cm³/mol. The number of nitrogens with two attached hydrogens (primary N) is 1. The number of aliphatic hydroxyl groups excluding tert-OH is 1. The van der Waals surface area contributed by atoms with Crippen molar-refractivity contribution in [3.63, 3.8) is 0 Å². The summed E-state index contributed by atoms with van der Waals surface area (Å²) in [5.74, 6) is 0.331. The van der Waals surface area contributed by atoms with Gasteiger partial charge in [-0.3, -0.25) is 4.99 Å². The molecule has 1 atom stereocenters. The fourth-order valence-electron chi connectivity index (χ4n) is 1.85. The van der Waals surface area contributed by atoms with Crippen LogP contribution in [0, 0.1) is 0 Å². The van der Waals surface area contributed by atoms with Crippen molar-refractivity contribution in [1.82, 2.24) is 5.32 Å². The largest absolute Gasteiger partial charge is 0.386 e. The maximum atomic E-state index is 10.1. The average molecular weight is 452 g/mol. The third-order valence-corrected chi connectivity index (χ3v) is 4.24. The van der Waals surface area contributed by atoms with E-state index in [0.717, 1.165) is 13.0 Å². The number of guanidine groups is 1. The van der Waals surface area contributed by atoms with Gasteiger partial charge in [0.1, 0.15) is 6.10 Å². The molecule has 0 aliphatic heterocycles. The molecular weight excluding hydrogens is 433 g/mol. The van der Waals surface area contributed by atoms with E-state index in [2.05, 4.69) is 16.4 Å². The number of nitrogens with one attached hydrogen (secondary N) is 1. The number of nitrogens with zero attached hydrogens (tertiary/aromatic N) is 1. The lowest BCUT2D eigenvalue weighted by atomic mass is 10.1. The van der Waals surface area contributed by atoms with Crippen molar-refractivity contribution < 1.29 is 5.11 Å². The lowest BCUT2D eigenvalue weighted by molar-refractivity contribution is 0.187. The summed E-state index contributed by atoms with van der Waals surface area (Å²) in [7, 11) is 0. The van der Waals surface area contributed by atoms with E-state index in [9.17, 15) is 5.11 Å². The van der Waals surface area contributed by atoms with Crippen LogP contribution in [-0.4, -0.2) is 24.2 Å². The van der Waals surface area contributed by atoms with Gasteiger partial charge in [-0.1, -0.05) is 35.9 Å². The highest BCUT2D eigenvalue weighted by atomic mass is 127. The molecule has 4 nitrogen and oxygen atoms in total. The zero-order valence-corrected chi connectivity index (χ0v) is 15.8. The molecule has 4 N–H and O–H groups in total. The van der Waals surface area contributed by atoms with Crippen molar-refractivity contribution in [2.75, 3.05) is 13.1 Å². The normalized spacial score (nSPS) is 12.5. The van der Waals surface area contributed by atoms with Gasteiger partial charge in [0.2, 0.25) is 0 Å². The fourth-order valence-corrected chi connectivity index (χ4v) is 2.82. The van der Waals surface area contributed by atoms with Gasteiger partial charge < -0.3 is 16.2 Å². The Morgan fingerprint density at radius 3 is 2.77 bits per heavy atom. The van der Waals surface area contributed by atoms with Crippen LogP contribution >= 0.6 is 46.9 Å². The van der Waals surface area contributed by atoms with Crippen molar-refractivity contribution in [2.24, 2.45) is 10.7 Å². The van der Waals surface area contributed by atoms with Crippen LogP contribution in [0.5, 0.6) is 0 Å². The van der Waals surface area contributed by atoms with Crippen molar-refractivity contribution >= 4 is 52.9 Å². The molecule has 0 saturated carbocycles. The first kappa shape index (κ1) is 19.2. The zero-order chi connectivity index (χ0) is 15.1. The standard InChI is InChI=1S/C15H18ClN3OS.HI/c16-13-6-2-1-5-12(13)14(20)10-19-15(17)18-8-7-11-4-3-9-21-11;/h1-6,9,14,20H,7-8,10H2,(H3,17,18,19);1H. The Morgan fingerprint density at radius 1 is 1.32 bits per heavy atom. The monoisotopic (exact) mass is 451 g/mol. The summed E-state index contributed by atoms with van der Waals surface area (Å²) in [6, 6.07) is 11.3. The van der Waals surface area contributed by atoms with Crippen LogP contribution in [-0.2, 0) is 6.42 Å². The van der Waals surface area contributed by atoms with Crippen LogP contribution < -0.4 is 11.1 Å². The maximum absolute atomic E-state index is 10.1. The molecule has 1 aromatic heterocycles. The summed E-state index contributed by atoms with van der Waals surface area (Å²) >= 11 is 7.74. The number of aliphatic hydroxyl groups is 1. The van der Waals surface area contributed by atoms with E-state index in [4.69, 9.17) is 17.3 Å². The quantitative estimate of drug-likeness (QED) is 0.359. The minimum Gasteiger partial charge on any atom is -0.386 e. The molecule has 2 aromatic rings. The smallest absolute Gasteiger partial charge is 0.188 e. The van der Waals surface area contributed by atoms with Gasteiger partial charge in [-0.05, 0) is 23.9 Å². The van der Waals surface area contributed by atoms with Gasteiger partial charge in [0, 0.05) is 22.0 Å². The molecule has 1 aromatic carbocycles. The highest BCUT2D eigenvalue weighted by Crippen LogP contribution is 2.22. The SMILES string of the molecule is I.NC(=NCC(O)c1ccccc1Cl)NCCc1cccs1. The van der Waals surface area contributed by atoms with Crippen molar-refractivity contribution in [3.05, 3.63) is 57.2 Å². The Hall–Kier alpha value is -0.830. The first-order chi connectivity index (χ1) is 10.2. The number of benzene rings is 1. The third-order valence-electron chi connectivity index (χ3n) is 2.96. The van der Waals surface area contributed by atoms with E-state index in [0.29, 0.717) is 16.5 Å². The molecular formula is C15H19ClIN3OS. The van der Waals surface area contributed by atoms with E-state index < -0.39 is 6.10 Å². The van der Waals surface area contributed by atoms with Gasteiger partial charge in [0.15, 0.2) is 5.96 Å². The molecule has 0 bridgehead atoms. The molecule has 0 radical (unpaired) electrons. The van der Waals surface area contributed by atoms with E-state index in [1.54, 1.807) is 23.5 Å². The number of halogens is 2. The molecule has 0 aliphatic rings. The molecule has 1 heterocycles. The molecule has 0 aliphatic carbocycles. The molecule has 7 heteroatoms. The zero-order valence-electron chi connectivity index (χ0n) is 11.9. The minimum atomic E-state index is -0.753. The summed E-state index contributed by atoms with van der Waals surface area (Å²) in [5.41, 5.74) is 6.44. The second kappa shape index (κ2) is 10.0. The van der Waals surface area contributed by atoms with Gasteiger partial charge in [0.25, 0.3) is 0 Å². The lowest BCUT2D eigenvalue weighted by Gasteiger charge is -2.11. The molecule has 2 rings (SSSR count). The van der Waals surface area contributed by atoms with Crippen molar-refractivity contribution in [3.8, 4) is 0 Å². The summed E-state index contributed by atoms with van der Waals surface area (Å²) in [6.45, 7) is 0.902. The summed E-state index contributed by atoms with van der Waals surface area (Å²) in [6.07, 6.45) is 0.150. The highest BCUT2D eigenvalue weighted by Gasteiger charge is 2.10. The van der Waals surface area contributed by atoms with Gasteiger partial charge >= 0.3 is 0 Å². The topological polar surface area (TPSA) is 70.6 Å². The maximum Gasteiger partial charge on any atom is 0.188 e. The number of hydrogen-bond donors (Lipinski definition) is 3. The van der Waals surface area contributed by atoms with Crippen LogP contribution in [0.25, 0.3) is 0 Å². The van der Waals surface area contributed by atoms with Gasteiger partial charge in [-0.2, -0.15) is 0 Å². The summed E-state index contributed by atoms with van der Waals surface area (Å²) in [5, 5.41) is 15.7. The van der Waals surface area contributed by atoms with Crippen LogP contribution in [0.1, 0.15) is 16.5 Å². The van der Waals surface area contributed by atoms with Crippen LogP contribution in [0.15, 0.2) is 46.8 Å². The first-order valence-corrected chi connectivity index (χ1v) is 7.91. The molecule has 22 heavy (non-hydrogen) atoms. The van der Waals surface area contributed by atoms with Crippen LogP contribution in [0.3, 0.4) is 0 Å². The van der Waals surface area contributed by atoms with E-state index in [-0.39, 0.29) is 30.5 Å². The molecule has 0 amide bonds.